The van der Waals surface area contributed by atoms with Gasteiger partial charge in [-0.2, -0.15) is 5.10 Å². The maximum atomic E-state index is 12.3. The van der Waals surface area contributed by atoms with Crippen LogP contribution in [0, 0.1) is 0 Å². The molecule has 0 bridgehead atoms. The van der Waals surface area contributed by atoms with E-state index in [4.69, 9.17) is 14.2 Å². The highest BCUT2D eigenvalue weighted by molar-refractivity contribution is 7.92. The van der Waals surface area contributed by atoms with Crippen LogP contribution in [-0.2, 0) is 14.8 Å². The van der Waals surface area contributed by atoms with E-state index < -0.39 is 22.5 Å². The predicted molar refractivity (Wildman–Crippen MR) is 124 cm³/mol. The van der Waals surface area contributed by atoms with Gasteiger partial charge in [-0.25, -0.2) is 13.8 Å². The number of carbonyl (C=O) groups is 1. The highest BCUT2D eigenvalue weighted by Gasteiger charge is 2.22. The summed E-state index contributed by atoms with van der Waals surface area (Å²) in [6.45, 7) is 2.31. The van der Waals surface area contributed by atoms with Crippen molar-refractivity contribution in [2.75, 3.05) is 37.9 Å². The Morgan fingerprint density at radius 3 is 2.38 bits per heavy atom. The number of hydrogen-bond donors (Lipinski definition) is 1. The van der Waals surface area contributed by atoms with E-state index in [0.29, 0.717) is 18.1 Å². The molecule has 10 heteroatoms. The Morgan fingerprint density at radius 2 is 1.78 bits per heavy atom. The summed E-state index contributed by atoms with van der Waals surface area (Å²) in [4.78, 5) is 12.3. The summed E-state index contributed by atoms with van der Waals surface area (Å²) in [6, 6.07) is 11.8. The third-order valence-corrected chi connectivity index (χ3v) is 5.53. The van der Waals surface area contributed by atoms with Gasteiger partial charge < -0.3 is 14.2 Å². The lowest BCUT2D eigenvalue weighted by atomic mass is 10.2. The minimum Gasteiger partial charge on any atom is -0.494 e. The number of nitrogens with zero attached hydrogens (tertiary/aromatic N) is 2. The van der Waals surface area contributed by atoms with Gasteiger partial charge in [0.2, 0.25) is 10.0 Å². The normalized spacial score (nSPS) is 11.2. The Labute approximate surface area is 189 Å². The molecule has 1 amide bonds. The summed E-state index contributed by atoms with van der Waals surface area (Å²) in [5.74, 6) is 0.957. The second-order valence-corrected chi connectivity index (χ2v) is 8.78. The molecular formula is C22H29N3O6S. The number of unbranched alkanes of at least 4 members (excludes halogenated alkanes) is 1. The Bertz CT molecular complexity index is 1020. The molecule has 0 aliphatic heterocycles. The Hall–Kier alpha value is -3.27. The van der Waals surface area contributed by atoms with Crippen molar-refractivity contribution >= 4 is 27.8 Å². The van der Waals surface area contributed by atoms with Gasteiger partial charge in [-0.3, -0.25) is 9.10 Å². The van der Waals surface area contributed by atoms with Crippen molar-refractivity contribution < 1.29 is 27.4 Å². The monoisotopic (exact) mass is 463 g/mol. The van der Waals surface area contributed by atoms with Crippen LogP contribution in [0.3, 0.4) is 0 Å². The number of methoxy groups -OCH3 is 2. The van der Waals surface area contributed by atoms with Crippen molar-refractivity contribution in [2.24, 2.45) is 5.10 Å². The number of nitrogens with one attached hydrogen (secondary N) is 1. The Kier molecular flexibility index (Phi) is 9.33. The number of amides is 1. The number of anilines is 1. The van der Waals surface area contributed by atoms with Crippen molar-refractivity contribution in [3.8, 4) is 17.2 Å². The van der Waals surface area contributed by atoms with Gasteiger partial charge in [0, 0.05) is 6.07 Å². The average molecular weight is 464 g/mol. The highest BCUT2D eigenvalue weighted by atomic mass is 32.2. The highest BCUT2D eigenvalue weighted by Crippen LogP contribution is 2.32. The van der Waals surface area contributed by atoms with Gasteiger partial charge in [-0.1, -0.05) is 13.3 Å². The van der Waals surface area contributed by atoms with Gasteiger partial charge >= 0.3 is 0 Å². The van der Waals surface area contributed by atoms with Crippen molar-refractivity contribution in [1.82, 2.24) is 5.43 Å². The molecule has 0 aliphatic rings. The molecular weight excluding hydrogens is 434 g/mol. The van der Waals surface area contributed by atoms with E-state index in [1.165, 1.54) is 32.6 Å². The van der Waals surface area contributed by atoms with Crippen LogP contribution in [0.2, 0.25) is 0 Å². The van der Waals surface area contributed by atoms with E-state index in [1.807, 2.05) is 24.3 Å². The molecule has 0 atom stereocenters. The first-order valence-electron chi connectivity index (χ1n) is 10.0. The third-order valence-electron chi connectivity index (χ3n) is 4.39. The molecule has 2 rings (SSSR count). The van der Waals surface area contributed by atoms with Gasteiger partial charge in [0.25, 0.3) is 5.91 Å². The fourth-order valence-corrected chi connectivity index (χ4v) is 3.56. The summed E-state index contributed by atoms with van der Waals surface area (Å²) < 4.78 is 41.5. The third kappa shape index (κ3) is 7.45. The molecule has 0 heterocycles. The van der Waals surface area contributed by atoms with E-state index in [1.54, 1.807) is 6.07 Å². The smallest absolute Gasteiger partial charge is 0.260 e. The standard InChI is InChI=1S/C22H29N3O6S/c1-5-6-13-31-19-10-7-17(8-11-19)15-23-24-22(26)16-25(32(4,27)28)18-9-12-20(29-2)21(14-18)30-3/h7-12,14-15H,5-6,13,16H2,1-4H3,(H,24,26)/b23-15-. The van der Waals surface area contributed by atoms with Crippen LogP contribution >= 0.6 is 0 Å². The van der Waals surface area contributed by atoms with Crippen LogP contribution in [0.4, 0.5) is 5.69 Å². The van der Waals surface area contributed by atoms with Gasteiger partial charge in [0.1, 0.15) is 12.3 Å². The first-order valence-corrected chi connectivity index (χ1v) is 11.9. The van der Waals surface area contributed by atoms with E-state index in [0.717, 1.165) is 34.7 Å². The zero-order valence-electron chi connectivity index (χ0n) is 18.7. The lowest BCUT2D eigenvalue weighted by molar-refractivity contribution is -0.119. The maximum Gasteiger partial charge on any atom is 0.260 e. The molecule has 9 nitrogen and oxygen atoms in total. The lowest BCUT2D eigenvalue weighted by Crippen LogP contribution is -2.39. The molecule has 2 aromatic carbocycles. The van der Waals surface area contributed by atoms with Crippen molar-refractivity contribution in [3.05, 3.63) is 48.0 Å². The molecule has 174 valence electrons. The number of hydrogen-bond acceptors (Lipinski definition) is 7. The molecule has 0 aliphatic carbocycles. The zero-order chi connectivity index (χ0) is 23.6. The molecule has 0 radical (unpaired) electrons. The fraction of sp³-hybridized carbons (Fsp3) is 0.364. The number of rotatable bonds is 12. The van der Waals surface area contributed by atoms with Gasteiger partial charge in [0.05, 0.1) is 39.0 Å². The van der Waals surface area contributed by atoms with E-state index in [-0.39, 0.29) is 5.69 Å². The molecule has 1 N–H and O–H groups in total. The fourth-order valence-electron chi connectivity index (χ4n) is 2.71. The van der Waals surface area contributed by atoms with Crippen LogP contribution in [0.1, 0.15) is 25.3 Å². The Balaban J connectivity index is 2.02. The first kappa shape index (κ1) is 25.0. The number of sulfonamides is 1. The van der Waals surface area contributed by atoms with Gasteiger partial charge in [-0.15, -0.1) is 0 Å². The second kappa shape index (κ2) is 11.9. The van der Waals surface area contributed by atoms with Crippen molar-refractivity contribution in [1.29, 1.82) is 0 Å². The number of hydrazone groups is 1. The molecule has 2 aromatic rings. The molecule has 0 saturated heterocycles. The summed E-state index contributed by atoms with van der Waals surface area (Å²) in [7, 11) is -0.820. The van der Waals surface area contributed by atoms with Crippen LogP contribution in [0.5, 0.6) is 17.2 Å². The number of benzene rings is 2. The van der Waals surface area contributed by atoms with Crippen LogP contribution in [0.15, 0.2) is 47.6 Å². The van der Waals surface area contributed by atoms with E-state index in [9.17, 15) is 13.2 Å². The number of ether oxygens (including phenoxy) is 3. The van der Waals surface area contributed by atoms with Crippen LogP contribution < -0.4 is 23.9 Å². The minimum atomic E-state index is -3.74. The Morgan fingerprint density at radius 1 is 1.09 bits per heavy atom. The first-order chi connectivity index (χ1) is 15.3. The summed E-state index contributed by atoms with van der Waals surface area (Å²) in [5, 5.41) is 3.90. The van der Waals surface area contributed by atoms with E-state index in [2.05, 4.69) is 17.5 Å². The molecule has 0 unspecified atom stereocenters. The van der Waals surface area contributed by atoms with Crippen LogP contribution in [0.25, 0.3) is 0 Å². The summed E-state index contributed by atoms with van der Waals surface area (Å²) in [5.41, 5.74) is 3.37. The van der Waals surface area contributed by atoms with Crippen LogP contribution in [-0.4, -0.2) is 54.2 Å². The lowest BCUT2D eigenvalue weighted by Gasteiger charge is -2.22. The quantitative estimate of drug-likeness (QED) is 0.295. The molecule has 32 heavy (non-hydrogen) atoms. The van der Waals surface area contributed by atoms with E-state index >= 15 is 0 Å². The minimum absolute atomic E-state index is 0.267. The molecule has 0 fully saturated rings. The van der Waals surface area contributed by atoms with Crippen molar-refractivity contribution in [3.63, 3.8) is 0 Å². The average Bonchev–Trinajstić information content (AvgIpc) is 2.77. The zero-order valence-corrected chi connectivity index (χ0v) is 19.5. The topological polar surface area (TPSA) is 107 Å². The van der Waals surface area contributed by atoms with Crippen molar-refractivity contribution in [2.45, 2.75) is 19.8 Å². The second-order valence-electron chi connectivity index (χ2n) is 6.87. The van der Waals surface area contributed by atoms with Gasteiger partial charge in [0.15, 0.2) is 11.5 Å². The molecule has 0 spiro atoms. The predicted octanol–water partition coefficient (Wildman–Crippen LogP) is 2.80. The largest absolute Gasteiger partial charge is 0.494 e. The summed E-state index contributed by atoms with van der Waals surface area (Å²) >= 11 is 0. The SMILES string of the molecule is CCCCOc1ccc(/C=N\NC(=O)CN(c2ccc(OC)c(OC)c2)S(C)(=O)=O)cc1. The summed E-state index contributed by atoms with van der Waals surface area (Å²) in [6.07, 6.45) is 4.54. The molecule has 0 saturated carbocycles. The number of carbonyl (C=O) groups excluding carboxylic acids is 1. The van der Waals surface area contributed by atoms with Gasteiger partial charge in [-0.05, 0) is 48.4 Å². The molecule has 0 aromatic heterocycles. The maximum absolute atomic E-state index is 12.3.